The number of ether oxygens (including phenoxy) is 2. The molecule has 0 spiro atoms. The lowest BCUT2D eigenvalue weighted by Gasteiger charge is -2.20. The fraction of sp³-hybridized carbons (Fsp3) is 0.375. The van der Waals surface area contributed by atoms with Gasteiger partial charge in [-0.15, -0.1) is 5.10 Å². The van der Waals surface area contributed by atoms with Crippen LogP contribution >= 0.6 is 11.5 Å². The molecule has 25 heavy (non-hydrogen) atoms. The number of carbonyl (C=O) groups excluding carboxylic acids is 1. The molecule has 1 unspecified atom stereocenters. The highest BCUT2D eigenvalue weighted by molar-refractivity contribution is 7.08. The number of aliphatic carboxylic acids is 1. The fourth-order valence-electron chi connectivity index (χ4n) is 2.36. The summed E-state index contributed by atoms with van der Waals surface area (Å²) in [5.41, 5.74) is 1.13. The highest BCUT2D eigenvalue weighted by atomic mass is 32.1. The summed E-state index contributed by atoms with van der Waals surface area (Å²) in [5.74, 6) is -0.442. The van der Waals surface area contributed by atoms with Crippen LogP contribution in [-0.4, -0.2) is 40.8 Å². The maximum absolute atomic E-state index is 12.5. The number of rotatable bonds is 8. The van der Waals surface area contributed by atoms with Crippen LogP contribution in [0.5, 0.6) is 11.5 Å². The molecule has 2 rings (SSSR count). The predicted octanol–water partition coefficient (Wildman–Crippen LogP) is 2.06. The smallest absolute Gasteiger partial charge is 0.305 e. The number of aryl methyl sites for hydroxylation is 1. The van der Waals surface area contributed by atoms with Crippen molar-refractivity contribution in [3.8, 4) is 11.5 Å². The second-order valence-electron chi connectivity index (χ2n) is 5.13. The number of carbonyl (C=O) groups is 2. The summed E-state index contributed by atoms with van der Waals surface area (Å²) in [7, 11) is 2.99. The highest BCUT2D eigenvalue weighted by Crippen LogP contribution is 2.31. The zero-order chi connectivity index (χ0) is 18.4. The Bertz CT molecular complexity index is 762. The van der Waals surface area contributed by atoms with E-state index < -0.39 is 17.9 Å². The number of amides is 1. The van der Waals surface area contributed by atoms with Crippen LogP contribution in [0, 0.1) is 0 Å². The van der Waals surface area contributed by atoms with Crippen molar-refractivity contribution in [2.24, 2.45) is 0 Å². The molecule has 1 heterocycles. The molecule has 0 saturated carbocycles. The second kappa shape index (κ2) is 8.43. The third-order valence-corrected chi connectivity index (χ3v) is 4.36. The molecule has 0 fully saturated rings. The summed E-state index contributed by atoms with van der Waals surface area (Å²) in [6.45, 7) is 1.87. The number of carboxylic acids is 1. The molecular weight excluding hydrogens is 346 g/mol. The summed E-state index contributed by atoms with van der Waals surface area (Å²) in [5, 5.41) is 15.9. The first kappa shape index (κ1) is 18.7. The summed E-state index contributed by atoms with van der Waals surface area (Å²) in [4.78, 5) is 24.2. The molecule has 1 atom stereocenters. The monoisotopic (exact) mass is 365 g/mol. The third-order valence-electron chi connectivity index (χ3n) is 3.60. The van der Waals surface area contributed by atoms with Crippen LogP contribution in [0.15, 0.2) is 18.2 Å². The van der Waals surface area contributed by atoms with Gasteiger partial charge in [-0.3, -0.25) is 9.59 Å². The molecule has 9 heteroatoms. The summed E-state index contributed by atoms with van der Waals surface area (Å²) in [6.07, 6.45) is 0.275. The molecule has 2 aromatic rings. The molecule has 1 amide bonds. The van der Waals surface area contributed by atoms with Gasteiger partial charge in [0, 0.05) is 11.6 Å². The summed E-state index contributed by atoms with van der Waals surface area (Å²) >= 11 is 0.982. The van der Waals surface area contributed by atoms with Crippen molar-refractivity contribution in [1.82, 2.24) is 14.9 Å². The number of nitrogens with zero attached hydrogens (tertiary/aromatic N) is 2. The first-order chi connectivity index (χ1) is 12.0. The highest BCUT2D eigenvalue weighted by Gasteiger charge is 2.24. The minimum absolute atomic E-state index is 0.290. The Balaban J connectivity index is 2.33. The summed E-state index contributed by atoms with van der Waals surface area (Å²) < 4.78 is 14.3. The molecule has 0 aliphatic carbocycles. The Kier molecular flexibility index (Phi) is 6.29. The number of benzene rings is 1. The number of aromatic nitrogens is 2. The Morgan fingerprint density at radius 1 is 1.32 bits per heavy atom. The van der Waals surface area contributed by atoms with Gasteiger partial charge in [0.15, 0.2) is 0 Å². The molecule has 0 radical (unpaired) electrons. The van der Waals surface area contributed by atoms with E-state index in [1.54, 1.807) is 18.2 Å². The van der Waals surface area contributed by atoms with Crippen molar-refractivity contribution in [3.63, 3.8) is 0 Å². The Hall–Kier alpha value is -2.68. The van der Waals surface area contributed by atoms with E-state index in [1.165, 1.54) is 14.2 Å². The van der Waals surface area contributed by atoms with E-state index in [0.29, 0.717) is 34.1 Å². The van der Waals surface area contributed by atoms with Crippen LogP contribution < -0.4 is 14.8 Å². The van der Waals surface area contributed by atoms with Crippen molar-refractivity contribution in [2.75, 3.05) is 14.2 Å². The van der Waals surface area contributed by atoms with E-state index in [-0.39, 0.29) is 6.42 Å². The molecule has 1 aromatic heterocycles. The standard InChI is InChI=1S/C16H19N3O5S/c1-4-11-15(25-19-18-11)16(22)17-12(8-14(20)21)10-6-5-9(23-2)7-13(10)24-3/h5-7,12H,4,8H2,1-3H3,(H,17,22)(H,20,21). The van der Waals surface area contributed by atoms with E-state index in [2.05, 4.69) is 14.9 Å². The molecular formula is C16H19N3O5S. The SMILES string of the molecule is CCc1nnsc1C(=O)NC(CC(=O)O)c1ccc(OC)cc1OC. The number of hydrogen-bond donors (Lipinski definition) is 2. The van der Waals surface area contributed by atoms with E-state index >= 15 is 0 Å². The average molecular weight is 365 g/mol. The zero-order valence-electron chi connectivity index (χ0n) is 14.1. The lowest BCUT2D eigenvalue weighted by Crippen LogP contribution is -2.30. The van der Waals surface area contributed by atoms with Crippen LogP contribution in [0.2, 0.25) is 0 Å². The van der Waals surface area contributed by atoms with Gasteiger partial charge in [0.05, 0.1) is 32.4 Å². The van der Waals surface area contributed by atoms with Crippen LogP contribution in [0.3, 0.4) is 0 Å². The molecule has 1 aromatic carbocycles. The normalized spacial score (nSPS) is 11.6. The lowest BCUT2D eigenvalue weighted by molar-refractivity contribution is -0.137. The molecule has 134 valence electrons. The number of carboxylic acid groups (broad SMARTS) is 1. The predicted molar refractivity (Wildman–Crippen MR) is 91.3 cm³/mol. The second-order valence-corrected chi connectivity index (χ2v) is 5.89. The van der Waals surface area contributed by atoms with Gasteiger partial charge >= 0.3 is 5.97 Å². The van der Waals surface area contributed by atoms with Gasteiger partial charge in [-0.1, -0.05) is 11.4 Å². The molecule has 0 saturated heterocycles. The van der Waals surface area contributed by atoms with Gasteiger partial charge in [-0.05, 0) is 30.1 Å². The van der Waals surface area contributed by atoms with Crippen molar-refractivity contribution >= 4 is 23.4 Å². The Morgan fingerprint density at radius 2 is 2.08 bits per heavy atom. The van der Waals surface area contributed by atoms with Crippen LogP contribution in [-0.2, 0) is 11.2 Å². The number of nitrogens with one attached hydrogen (secondary N) is 1. The molecule has 0 aliphatic heterocycles. The van der Waals surface area contributed by atoms with E-state index in [0.717, 1.165) is 11.5 Å². The van der Waals surface area contributed by atoms with Gasteiger partial charge in [-0.2, -0.15) is 0 Å². The number of methoxy groups -OCH3 is 2. The van der Waals surface area contributed by atoms with Crippen molar-refractivity contribution in [3.05, 3.63) is 34.3 Å². The van der Waals surface area contributed by atoms with Crippen molar-refractivity contribution in [2.45, 2.75) is 25.8 Å². The van der Waals surface area contributed by atoms with Gasteiger partial charge in [0.2, 0.25) is 0 Å². The summed E-state index contributed by atoms with van der Waals surface area (Å²) in [6, 6.07) is 4.24. The first-order valence-corrected chi connectivity index (χ1v) is 8.33. The average Bonchev–Trinajstić information content (AvgIpc) is 3.09. The minimum Gasteiger partial charge on any atom is -0.497 e. The Morgan fingerprint density at radius 3 is 2.68 bits per heavy atom. The van der Waals surface area contributed by atoms with Gasteiger partial charge in [0.25, 0.3) is 5.91 Å². The maximum atomic E-state index is 12.5. The number of hydrogen-bond acceptors (Lipinski definition) is 7. The van der Waals surface area contributed by atoms with Crippen LogP contribution in [0.25, 0.3) is 0 Å². The molecule has 0 aliphatic rings. The van der Waals surface area contributed by atoms with E-state index in [9.17, 15) is 14.7 Å². The van der Waals surface area contributed by atoms with Gasteiger partial charge < -0.3 is 19.9 Å². The maximum Gasteiger partial charge on any atom is 0.305 e. The van der Waals surface area contributed by atoms with Gasteiger partial charge in [-0.25, -0.2) is 0 Å². The van der Waals surface area contributed by atoms with Crippen LogP contribution in [0.4, 0.5) is 0 Å². The largest absolute Gasteiger partial charge is 0.497 e. The molecule has 8 nitrogen and oxygen atoms in total. The molecule has 0 bridgehead atoms. The van der Waals surface area contributed by atoms with E-state index in [1.807, 2.05) is 6.92 Å². The first-order valence-electron chi connectivity index (χ1n) is 7.55. The Labute approximate surface area is 148 Å². The van der Waals surface area contributed by atoms with E-state index in [4.69, 9.17) is 9.47 Å². The van der Waals surface area contributed by atoms with Gasteiger partial charge in [0.1, 0.15) is 16.4 Å². The quantitative estimate of drug-likeness (QED) is 0.736. The topological polar surface area (TPSA) is 111 Å². The minimum atomic E-state index is -1.04. The van der Waals surface area contributed by atoms with Crippen molar-refractivity contribution < 1.29 is 24.2 Å². The lowest BCUT2D eigenvalue weighted by atomic mass is 10.0. The zero-order valence-corrected chi connectivity index (χ0v) is 14.9. The van der Waals surface area contributed by atoms with Crippen molar-refractivity contribution in [1.29, 1.82) is 0 Å². The fourth-order valence-corrected chi connectivity index (χ4v) is 3.01. The molecule has 2 N–H and O–H groups in total. The van der Waals surface area contributed by atoms with Crippen LogP contribution in [0.1, 0.15) is 40.3 Å². The third kappa shape index (κ3) is 4.44.